The Hall–Kier alpha value is -1.67. The lowest BCUT2D eigenvalue weighted by atomic mass is 9.78. The standard InChI is InChI=1S/C20H27NO.ClH/c1-19(2,3)16-11-14(13-7-9-15(21)10-8-13)12-17(18(16)22)20(4,5)6;/h7-12,22H,21H2,1-6H3;1H. The molecule has 0 atom stereocenters. The second-order valence-electron chi connectivity index (χ2n) is 8.04. The highest BCUT2D eigenvalue weighted by molar-refractivity contribution is 5.85. The van der Waals surface area contributed by atoms with E-state index in [2.05, 4.69) is 53.7 Å². The second-order valence-corrected chi connectivity index (χ2v) is 8.04. The Kier molecular flexibility index (Phi) is 5.43. The van der Waals surface area contributed by atoms with Gasteiger partial charge in [-0.05, 0) is 46.2 Å². The topological polar surface area (TPSA) is 46.2 Å². The van der Waals surface area contributed by atoms with Crippen LogP contribution in [0.3, 0.4) is 0 Å². The molecule has 0 aliphatic heterocycles. The summed E-state index contributed by atoms with van der Waals surface area (Å²) in [6.07, 6.45) is 0. The molecule has 2 nitrogen and oxygen atoms in total. The molecule has 3 heteroatoms. The molecule has 0 fully saturated rings. The number of phenols is 1. The van der Waals surface area contributed by atoms with Crippen LogP contribution in [-0.2, 0) is 10.8 Å². The SMILES string of the molecule is CC(C)(C)c1cc(-c2ccc(N)cc2)cc(C(C)(C)C)c1O.Cl. The molecular formula is C20H28ClNO. The fourth-order valence-electron chi connectivity index (χ4n) is 2.62. The summed E-state index contributed by atoms with van der Waals surface area (Å²) in [5.74, 6) is 0.416. The smallest absolute Gasteiger partial charge is 0.123 e. The number of nitrogen functional groups attached to an aromatic ring is 1. The fraction of sp³-hybridized carbons (Fsp3) is 0.400. The minimum absolute atomic E-state index is 0. The summed E-state index contributed by atoms with van der Waals surface area (Å²) < 4.78 is 0. The van der Waals surface area contributed by atoms with Crippen molar-refractivity contribution in [2.24, 2.45) is 0 Å². The van der Waals surface area contributed by atoms with Crippen LogP contribution in [0.4, 0.5) is 5.69 Å². The van der Waals surface area contributed by atoms with Crippen LogP contribution < -0.4 is 5.73 Å². The first-order valence-corrected chi connectivity index (χ1v) is 7.74. The first kappa shape index (κ1) is 19.4. The van der Waals surface area contributed by atoms with Crippen molar-refractivity contribution in [1.82, 2.24) is 0 Å². The lowest BCUT2D eigenvalue weighted by Crippen LogP contribution is -2.17. The van der Waals surface area contributed by atoms with E-state index in [1.54, 1.807) is 0 Å². The average molecular weight is 334 g/mol. The predicted molar refractivity (Wildman–Crippen MR) is 103 cm³/mol. The first-order valence-electron chi connectivity index (χ1n) is 7.74. The van der Waals surface area contributed by atoms with E-state index < -0.39 is 0 Å². The van der Waals surface area contributed by atoms with Gasteiger partial charge < -0.3 is 10.8 Å². The number of benzene rings is 2. The van der Waals surface area contributed by atoms with E-state index in [0.29, 0.717) is 5.75 Å². The van der Waals surface area contributed by atoms with Gasteiger partial charge in [0.05, 0.1) is 0 Å². The fourth-order valence-corrected chi connectivity index (χ4v) is 2.62. The van der Waals surface area contributed by atoms with Crippen LogP contribution in [0.1, 0.15) is 52.7 Å². The van der Waals surface area contributed by atoms with Crippen LogP contribution in [0.2, 0.25) is 0 Å². The van der Waals surface area contributed by atoms with Crippen LogP contribution in [0, 0.1) is 0 Å². The molecule has 0 aromatic heterocycles. The molecule has 0 aliphatic rings. The molecule has 0 unspecified atom stereocenters. The lowest BCUT2D eigenvalue weighted by Gasteiger charge is -2.28. The maximum Gasteiger partial charge on any atom is 0.123 e. The van der Waals surface area contributed by atoms with Crippen molar-refractivity contribution in [1.29, 1.82) is 0 Å². The van der Waals surface area contributed by atoms with Gasteiger partial charge in [-0.2, -0.15) is 0 Å². The van der Waals surface area contributed by atoms with Gasteiger partial charge in [-0.25, -0.2) is 0 Å². The number of halogens is 1. The summed E-state index contributed by atoms with van der Waals surface area (Å²) in [6, 6.07) is 12.1. The number of phenolic OH excluding ortho intramolecular Hbond substituents is 1. The summed E-state index contributed by atoms with van der Waals surface area (Å²) in [6.45, 7) is 12.8. The third-order valence-corrected chi connectivity index (χ3v) is 3.97. The minimum Gasteiger partial charge on any atom is -0.507 e. The predicted octanol–water partition coefficient (Wildman–Crippen LogP) is 5.66. The molecule has 2 aromatic carbocycles. The van der Waals surface area contributed by atoms with Gasteiger partial charge in [-0.15, -0.1) is 12.4 Å². The van der Waals surface area contributed by atoms with Gasteiger partial charge in [-0.1, -0.05) is 53.7 Å². The first-order chi connectivity index (χ1) is 10.00. The molecule has 2 aromatic rings. The zero-order valence-electron chi connectivity index (χ0n) is 14.9. The largest absolute Gasteiger partial charge is 0.507 e. The zero-order chi connectivity index (χ0) is 16.7. The van der Waals surface area contributed by atoms with Crippen molar-refractivity contribution in [2.75, 3.05) is 5.73 Å². The van der Waals surface area contributed by atoms with E-state index in [4.69, 9.17) is 5.73 Å². The molecule has 0 radical (unpaired) electrons. The van der Waals surface area contributed by atoms with E-state index in [-0.39, 0.29) is 23.2 Å². The van der Waals surface area contributed by atoms with E-state index in [9.17, 15) is 5.11 Å². The molecule has 3 N–H and O–H groups in total. The zero-order valence-corrected chi connectivity index (χ0v) is 15.7. The molecule has 0 bridgehead atoms. The Bertz CT molecular complexity index is 641. The Morgan fingerprint density at radius 1 is 0.739 bits per heavy atom. The van der Waals surface area contributed by atoms with Crippen molar-refractivity contribution in [3.8, 4) is 16.9 Å². The van der Waals surface area contributed by atoms with Crippen LogP contribution in [-0.4, -0.2) is 5.11 Å². The molecule has 2 rings (SSSR count). The molecule has 126 valence electrons. The molecule has 0 amide bonds. The molecule has 0 aliphatic carbocycles. The lowest BCUT2D eigenvalue weighted by molar-refractivity contribution is 0.423. The third-order valence-electron chi connectivity index (χ3n) is 3.97. The van der Waals surface area contributed by atoms with Crippen molar-refractivity contribution in [3.05, 3.63) is 47.5 Å². The van der Waals surface area contributed by atoms with Crippen molar-refractivity contribution >= 4 is 18.1 Å². The van der Waals surface area contributed by atoms with Crippen LogP contribution in [0.15, 0.2) is 36.4 Å². The van der Waals surface area contributed by atoms with Crippen LogP contribution in [0.25, 0.3) is 11.1 Å². The molecule has 0 heterocycles. The average Bonchev–Trinajstić information content (AvgIpc) is 2.37. The highest BCUT2D eigenvalue weighted by Gasteiger charge is 2.26. The highest BCUT2D eigenvalue weighted by Crippen LogP contribution is 2.41. The van der Waals surface area contributed by atoms with Crippen LogP contribution in [0.5, 0.6) is 5.75 Å². The second kappa shape index (κ2) is 6.45. The van der Waals surface area contributed by atoms with E-state index in [0.717, 1.165) is 27.9 Å². The normalized spacial score (nSPS) is 11.9. The number of anilines is 1. The quantitative estimate of drug-likeness (QED) is 0.661. The van der Waals surface area contributed by atoms with Crippen molar-refractivity contribution in [3.63, 3.8) is 0 Å². The Balaban J connectivity index is 0.00000264. The van der Waals surface area contributed by atoms with Gasteiger partial charge in [0.1, 0.15) is 5.75 Å². The third kappa shape index (κ3) is 4.20. The number of hydrogen-bond acceptors (Lipinski definition) is 2. The van der Waals surface area contributed by atoms with Gasteiger partial charge in [0, 0.05) is 16.8 Å². The number of rotatable bonds is 1. The van der Waals surface area contributed by atoms with Gasteiger partial charge >= 0.3 is 0 Å². The van der Waals surface area contributed by atoms with E-state index in [1.807, 2.05) is 24.3 Å². The van der Waals surface area contributed by atoms with Crippen LogP contribution >= 0.6 is 12.4 Å². The number of hydrogen-bond donors (Lipinski definition) is 2. The van der Waals surface area contributed by atoms with E-state index >= 15 is 0 Å². The Labute approximate surface area is 146 Å². The summed E-state index contributed by atoms with van der Waals surface area (Å²) in [4.78, 5) is 0. The summed E-state index contributed by atoms with van der Waals surface area (Å²) in [5.41, 5.74) is 10.5. The van der Waals surface area contributed by atoms with Gasteiger partial charge in [0.15, 0.2) is 0 Å². The summed E-state index contributed by atoms with van der Waals surface area (Å²) >= 11 is 0. The number of aromatic hydroxyl groups is 1. The molecule has 0 saturated carbocycles. The Morgan fingerprint density at radius 3 is 1.48 bits per heavy atom. The van der Waals surface area contributed by atoms with E-state index in [1.165, 1.54) is 0 Å². The van der Waals surface area contributed by atoms with Crippen molar-refractivity contribution in [2.45, 2.75) is 52.4 Å². The van der Waals surface area contributed by atoms with Gasteiger partial charge in [0.25, 0.3) is 0 Å². The molecule has 23 heavy (non-hydrogen) atoms. The van der Waals surface area contributed by atoms with Gasteiger partial charge in [-0.3, -0.25) is 0 Å². The molecule has 0 spiro atoms. The summed E-state index contributed by atoms with van der Waals surface area (Å²) in [5, 5.41) is 10.8. The van der Waals surface area contributed by atoms with Crippen molar-refractivity contribution < 1.29 is 5.11 Å². The highest BCUT2D eigenvalue weighted by atomic mass is 35.5. The number of nitrogens with two attached hydrogens (primary N) is 1. The van der Waals surface area contributed by atoms with Gasteiger partial charge in [0.2, 0.25) is 0 Å². The molecule has 0 saturated heterocycles. The molecular weight excluding hydrogens is 306 g/mol. The Morgan fingerprint density at radius 2 is 1.13 bits per heavy atom. The summed E-state index contributed by atoms with van der Waals surface area (Å²) in [7, 11) is 0. The maximum atomic E-state index is 10.8. The maximum absolute atomic E-state index is 10.8. The monoisotopic (exact) mass is 333 g/mol. The minimum atomic E-state index is -0.117.